The number of hydrogen-bond acceptors (Lipinski definition) is 4. The summed E-state index contributed by atoms with van der Waals surface area (Å²) in [5.74, 6) is 0.836. The van der Waals surface area contributed by atoms with Gasteiger partial charge < -0.3 is 5.32 Å². The maximum Gasteiger partial charge on any atom is 0.138 e. The highest BCUT2D eigenvalue weighted by Crippen LogP contribution is 2.16. The van der Waals surface area contributed by atoms with Crippen molar-refractivity contribution in [3.8, 4) is 0 Å². The fourth-order valence-corrected chi connectivity index (χ4v) is 1.95. The Bertz CT molecular complexity index is 627. The molecule has 0 aliphatic rings. The number of fused-ring (bicyclic) bond motifs is 1. The molecule has 0 saturated carbocycles. The van der Waals surface area contributed by atoms with Gasteiger partial charge in [0.25, 0.3) is 0 Å². The predicted octanol–water partition coefficient (Wildman–Crippen LogP) is 1.64. The van der Waals surface area contributed by atoms with Crippen LogP contribution in [0.25, 0.3) is 10.8 Å². The molecule has 1 aromatic carbocycles. The minimum absolute atomic E-state index is 0.670. The van der Waals surface area contributed by atoms with Crippen molar-refractivity contribution in [1.82, 2.24) is 25.5 Å². The van der Waals surface area contributed by atoms with Gasteiger partial charge >= 0.3 is 0 Å². The molecule has 0 atom stereocenters. The van der Waals surface area contributed by atoms with Crippen molar-refractivity contribution in [1.29, 1.82) is 0 Å². The van der Waals surface area contributed by atoms with Crippen molar-refractivity contribution >= 4 is 10.8 Å². The molecular formula is C13H13N5. The Morgan fingerprint density at radius 2 is 2.06 bits per heavy atom. The molecule has 0 saturated heterocycles. The summed E-state index contributed by atoms with van der Waals surface area (Å²) in [4.78, 5) is 8.32. The van der Waals surface area contributed by atoms with Gasteiger partial charge in [0.1, 0.15) is 12.2 Å². The van der Waals surface area contributed by atoms with Gasteiger partial charge in [0.2, 0.25) is 0 Å². The van der Waals surface area contributed by atoms with Gasteiger partial charge in [-0.1, -0.05) is 24.3 Å². The van der Waals surface area contributed by atoms with E-state index in [-0.39, 0.29) is 0 Å². The largest absolute Gasteiger partial charge is 0.306 e. The van der Waals surface area contributed by atoms with Gasteiger partial charge in [0.15, 0.2) is 0 Å². The highest BCUT2D eigenvalue weighted by molar-refractivity contribution is 5.84. The van der Waals surface area contributed by atoms with E-state index in [1.807, 2.05) is 24.5 Å². The van der Waals surface area contributed by atoms with Crippen LogP contribution >= 0.6 is 0 Å². The number of aromatic amines is 1. The third kappa shape index (κ3) is 2.21. The van der Waals surface area contributed by atoms with Crippen LogP contribution in [0.5, 0.6) is 0 Å². The molecule has 0 aliphatic carbocycles. The third-order valence-corrected chi connectivity index (χ3v) is 2.82. The van der Waals surface area contributed by atoms with Crippen molar-refractivity contribution in [2.75, 3.05) is 0 Å². The lowest BCUT2D eigenvalue weighted by molar-refractivity contribution is 0.666. The summed E-state index contributed by atoms with van der Waals surface area (Å²) in [6, 6.07) is 8.25. The normalized spacial score (nSPS) is 10.9. The van der Waals surface area contributed by atoms with Crippen molar-refractivity contribution in [2.24, 2.45) is 0 Å². The third-order valence-electron chi connectivity index (χ3n) is 2.82. The first-order valence-electron chi connectivity index (χ1n) is 5.80. The molecule has 90 valence electrons. The maximum absolute atomic E-state index is 4.25. The van der Waals surface area contributed by atoms with E-state index in [0.717, 1.165) is 17.8 Å². The molecule has 2 heterocycles. The smallest absolute Gasteiger partial charge is 0.138 e. The first kappa shape index (κ1) is 10.9. The molecule has 3 rings (SSSR count). The van der Waals surface area contributed by atoms with Crippen LogP contribution in [0.1, 0.15) is 11.4 Å². The lowest BCUT2D eigenvalue weighted by Crippen LogP contribution is -2.14. The molecule has 2 aromatic heterocycles. The Morgan fingerprint density at radius 1 is 1.11 bits per heavy atom. The van der Waals surface area contributed by atoms with Crippen molar-refractivity contribution in [3.63, 3.8) is 0 Å². The molecule has 0 unspecified atom stereocenters. The van der Waals surface area contributed by atoms with E-state index in [1.165, 1.54) is 17.3 Å². The zero-order chi connectivity index (χ0) is 12.2. The molecule has 3 aromatic rings. The molecule has 0 radical (unpaired) electrons. The van der Waals surface area contributed by atoms with Crippen LogP contribution in [0.2, 0.25) is 0 Å². The number of hydrogen-bond donors (Lipinski definition) is 2. The van der Waals surface area contributed by atoms with Crippen LogP contribution < -0.4 is 5.32 Å². The second kappa shape index (κ2) is 4.93. The molecule has 2 N–H and O–H groups in total. The summed E-state index contributed by atoms with van der Waals surface area (Å²) in [5.41, 5.74) is 1.19. The van der Waals surface area contributed by atoms with Crippen molar-refractivity contribution < 1.29 is 0 Å². The highest BCUT2D eigenvalue weighted by atomic mass is 15.2. The van der Waals surface area contributed by atoms with Gasteiger partial charge in [-0.15, -0.1) is 0 Å². The molecular weight excluding hydrogens is 226 g/mol. The van der Waals surface area contributed by atoms with Crippen molar-refractivity contribution in [3.05, 3.63) is 54.4 Å². The standard InChI is InChI=1S/C13H13N5/c1-2-4-12-10(3-1)5-14-6-11(12)7-15-8-13-16-9-17-18-13/h1-6,9,15H,7-8H2,(H,16,17,18). The summed E-state index contributed by atoms with van der Waals surface area (Å²) in [6.45, 7) is 1.43. The van der Waals surface area contributed by atoms with Gasteiger partial charge in [-0.2, -0.15) is 5.10 Å². The lowest BCUT2D eigenvalue weighted by Gasteiger charge is -2.06. The lowest BCUT2D eigenvalue weighted by atomic mass is 10.1. The molecule has 5 nitrogen and oxygen atoms in total. The van der Waals surface area contributed by atoms with E-state index < -0.39 is 0 Å². The zero-order valence-corrected chi connectivity index (χ0v) is 9.80. The second-order valence-electron chi connectivity index (χ2n) is 4.06. The molecule has 5 heteroatoms. The van der Waals surface area contributed by atoms with E-state index >= 15 is 0 Å². The monoisotopic (exact) mass is 239 g/mol. The Balaban J connectivity index is 1.74. The molecule has 18 heavy (non-hydrogen) atoms. The number of nitrogens with zero attached hydrogens (tertiary/aromatic N) is 3. The number of benzene rings is 1. The number of nitrogens with one attached hydrogen (secondary N) is 2. The molecule has 0 spiro atoms. The molecule has 0 bridgehead atoms. The average molecular weight is 239 g/mol. The van der Waals surface area contributed by atoms with E-state index in [1.54, 1.807) is 0 Å². The minimum atomic E-state index is 0.670. The van der Waals surface area contributed by atoms with Gasteiger partial charge in [-0.25, -0.2) is 4.98 Å². The van der Waals surface area contributed by atoms with Crippen LogP contribution in [0, 0.1) is 0 Å². The Hall–Kier alpha value is -2.27. The fraction of sp³-hybridized carbons (Fsp3) is 0.154. The molecule has 0 amide bonds. The maximum atomic E-state index is 4.25. The Morgan fingerprint density at radius 3 is 2.94 bits per heavy atom. The Kier molecular flexibility index (Phi) is 2.97. The summed E-state index contributed by atoms with van der Waals surface area (Å²) in [5, 5.41) is 12.4. The molecule has 0 aliphatic heterocycles. The summed E-state index contributed by atoms with van der Waals surface area (Å²) >= 11 is 0. The van der Waals surface area contributed by atoms with Crippen LogP contribution in [0.3, 0.4) is 0 Å². The van der Waals surface area contributed by atoms with Gasteiger partial charge in [-0.05, 0) is 10.9 Å². The summed E-state index contributed by atoms with van der Waals surface area (Å²) < 4.78 is 0. The van der Waals surface area contributed by atoms with Gasteiger partial charge in [0.05, 0.1) is 6.54 Å². The SMILES string of the molecule is c1ccc2c(CNCc3ncn[nH]3)cncc2c1. The van der Waals surface area contributed by atoms with Crippen LogP contribution in [0.4, 0.5) is 0 Å². The minimum Gasteiger partial charge on any atom is -0.306 e. The van der Waals surface area contributed by atoms with E-state index in [4.69, 9.17) is 0 Å². The van der Waals surface area contributed by atoms with E-state index in [2.05, 4.69) is 37.6 Å². The zero-order valence-electron chi connectivity index (χ0n) is 9.80. The van der Waals surface area contributed by atoms with E-state index in [0.29, 0.717) is 6.54 Å². The van der Waals surface area contributed by atoms with Crippen LogP contribution in [-0.2, 0) is 13.1 Å². The number of aromatic nitrogens is 4. The van der Waals surface area contributed by atoms with Crippen molar-refractivity contribution in [2.45, 2.75) is 13.1 Å². The van der Waals surface area contributed by atoms with E-state index in [9.17, 15) is 0 Å². The second-order valence-corrected chi connectivity index (χ2v) is 4.06. The van der Waals surface area contributed by atoms with Crippen LogP contribution in [-0.4, -0.2) is 20.2 Å². The molecule has 0 fully saturated rings. The van der Waals surface area contributed by atoms with Gasteiger partial charge in [0, 0.05) is 24.3 Å². The highest BCUT2D eigenvalue weighted by Gasteiger charge is 2.01. The predicted molar refractivity (Wildman–Crippen MR) is 68.7 cm³/mol. The quantitative estimate of drug-likeness (QED) is 0.726. The first-order valence-corrected chi connectivity index (χ1v) is 5.80. The number of rotatable bonds is 4. The first-order chi connectivity index (χ1) is 8.93. The summed E-state index contributed by atoms with van der Waals surface area (Å²) in [6.07, 6.45) is 5.29. The average Bonchev–Trinajstić information content (AvgIpc) is 2.92. The summed E-state index contributed by atoms with van der Waals surface area (Å²) in [7, 11) is 0. The topological polar surface area (TPSA) is 66.5 Å². The van der Waals surface area contributed by atoms with Gasteiger partial charge in [-0.3, -0.25) is 10.1 Å². The Labute approximate surface area is 104 Å². The number of H-pyrrole nitrogens is 1. The fourth-order valence-electron chi connectivity index (χ4n) is 1.95. The number of pyridine rings is 1. The van der Waals surface area contributed by atoms with Crippen LogP contribution in [0.15, 0.2) is 43.0 Å².